The lowest BCUT2D eigenvalue weighted by Gasteiger charge is -2.35. The first-order valence-corrected chi connectivity index (χ1v) is 7.59. The molecule has 1 nitrogen and oxygen atoms in total. The summed E-state index contributed by atoms with van der Waals surface area (Å²) in [5.41, 5.74) is 1.46. The van der Waals surface area contributed by atoms with Crippen LogP contribution in [0.15, 0.2) is 12.2 Å². The predicted molar refractivity (Wildman–Crippen MR) is 75.1 cm³/mol. The van der Waals surface area contributed by atoms with E-state index in [1.165, 1.54) is 50.6 Å². The second-order valence-corrected chi connectivity index (χ2v) is 6.43. The highest BCUT2D eigenvalue weighted by molar-refractivity contribution is 4.97. The van der Waals surface area contributed by atoms with Crippen LogP contribution >= 0.6 is 0 Å². The quantitative estimate of drug-likeness (QED) is 0.682. The zero-order valence-corrected chi connectivity index (χ0v) is 11.7. The third kappa shape index (κ3) is 4.13. The minimum Gasteiger partial charge on any atom is -0.314 e. The molecule has 0 bridgehead atoms. The molecular weight excluding hydrogens is 206 g/mol. The molecule has 0 aromatic carbocycles. The van der Waals surface area contributed by atoms with Crippen molar-refractivity contribution in [1.82, 2.24) is 5.32 Å². The number of hydrogen-bond donors (Lipinski definition) is 1. The highest BCUT2D eigenvalue weighted by atomic mass is 14.9. The van der Waals surface area contributed by atoms with E-state index in [0.717, 1.165) is 30.2 Å². The summed E-state index contributed by atoms with van der Waals surface area (Å²) in [6.07, 6.45) is 9.56. The SMILES string of the molecule is C=C(CC)CC1CC(C)CCC1CNC1CC1. The fourth-order valence-electron chi connectivity index (χ4n) is 3.20. The first-order chi connectivity index (χ1) is 8.19. The van der Waals surface area contributed by atoms with E-state index in [0.29, 0.717) is 0 Å². The summed E-state index contributed by atoms with van der Waals surface area (Å²) in [6.45, 7) is 10.1. The monoisotopic (exact) mass is 235 g/mol. The van der Waals surface area contributed by atoms with Gasteiger partial charge in [0, 0.05) is 6.04 Å². The fraction of sp³-hybridized carbons (Fsp3) is 0.875. The standard InChI is InChI=1S/C16H29N/c1-4-12(2)9-15-10-13(3)5-6-14(15)11-17-16-7-8-16/h13-17H,2,4-11H2,1,3H3. The molecule has 2 aliphatic rings. The lowest BCUT2D eigenvalue weighted by Crippen LogP contribution is -2.33. The van der Waals surface area contributed by atoms with Crippen molar-refractivity contribution < 1.29 is 0 Å². The maximum atomic E-state index is 4.21. The Morgan fingerprint density at radius 2 is 1.94 bits per heavy atom. The molecular formula is C16H29N. The van der Waals surface area contributed by atoms with Gasteiger partial charge in [0.15, 0.2) is 0 Å². The highest BCUT2D eigenvalue weighted by Crippen LogP contribution is 2.37. The van der Waals surface area contributed by atoms with Crippen LogP contribution in [-0.2, 0) is 0 Å². The molecule has 17 heavy (non-hydrogen) atoms. The van der Waals surface area contributed by atoms with E-state index in [1.54, 1.807) is 0 Å². The largest absolute Gasteiger partial charge is 0.314 e. The molecule has 0 saturated heterocycles. The molecule has 1 N–H and O–H groups in total. The summed E-state index contributed by atoms with van der Waals surface area (Å²) in [7, 11) is 0. The first-order valence-electron chi connectivity index (χ1n) is 7.59. The van der Waals surface area contributed by atoms with Crippen LogP contribution < -0.4 is 5.32 Å². The van der Waals surface area contributed by atoms with Crippen LogP contribution in [0.3, 0.4) is 0 Å². The van der Waals surface area contributed by atoms with Gasteiger partial charge in [0.2, 0.25) is 0 Å². The van der Waals surface area contributed by atoms with Gasteiger partial charge in [0.05, 0.1) is 0 Å². The van der Waals surface area contributed by atoms with Crippen LogP contribution in [0.4, 0.5) is 0 Å². The van der Waals surface area contributed by atoms with Gasteiger partial charge in [-0.25, -0.2) is 0 Å². The Balaban J connectivity index is 1.83. The fourth-order valence-corrected chi connectivity index (χ4v) is 3.20. The van der Waals surface area contributed by atoms with E-state index in [4.69, 9.17) is 0 Å². The molecule has 2 fully saturated rings. The molecule has 0 aromatic heterocycles. The van der Waals surface area contributed by atoms with Gasteiger partial charge in [0.1, 0.15) is 0 Å². The summed E-state index contributed by atoms with van der Waals surface area (Å²) >= 11 is 0. The Kier molecular flexibility index (Phi) is 4.67. The zero-order chi connectivity index (χ0) is 12.3. The van der Waals surface area contributed by atoms with E-state index in [-0.39, 0.29) is 0 Å². The van der Waals surface area contributed by atoms with Crippen LogP contribution in [0.25, 0.3) is 0 Å². The Morgan fingerprint density at radius 3 is 2.59 bits per heavy atom. The molecule has 2 saturated carbocycles. The van der Waals surface area contributed by atoms with E-state index in [1.807, 2.05) is 0 Å². The molecule has 0 amide bonds. The first kappa shape index (κ1) is 13.1. The second kappa shape index (κ2) is 6.04. The molecule has 2 rings (SSSR count). The van der Waals surface area contributed by atoms with Crippen LogP contribution in [-0.4, -0.2) is 12.6 Å². The molecule has 98 valence electrons. The summed E-state index contributed by atoms with van der Waals surface area (Å²) in [5.74, 6) is 2.74. The van der Waals surface area contributed by atoms with E-state index in [2.05, 4.69) is 25.7 Å². The Labute approximate surface area is 107 Å². The van der Waals surface area contributed by atoms with Gasteiger partial charge < -0.3 is 5.32 Å². The molecule has 0 radical (unpaired) electrons. The van der Waals surface area contributed by atoms with Crippen molar-refractivity contribution in [2.24, 2.45) is 17.8 Å². The maximum Gasteiger partial charge on any atom is 0.00683 e. The lowest BCUT2D eigenvalue weighted by atomic mass is 9.72. The second-order valence-electron chi connectivity index (χ2n) is 6.43. The average Bonchev–Trinajstić information content (AvgIpc) is 3.12. The van der Waals surface area contributed by atoms with Gasteiger partial charge in [0.25, 0.3) is 0 Å². The van der Waals surface area contributed by atoms with Gasteiger partial charge in [-0.1, -0.05) is 32.4 Å². The maximum absolute atomic E-state index is 4.21. The van der Waals surface area contributed by atoms with Crippen LogP contribution in [0, 0.1) is 17.8 Å². The molecule has 3 unspecified atom stereocenters. The van der Waals surface area contributed by atoms with Gasteiger partial charge in [-0.3, -0.25) is 0 Å². The zero-order valence-electron chi connectivity index (χ0n) is 11.7. The van der Waals surface area contributed by atoms with Crippen molar-refractivity contribution in [3.63, 3.8) is 0 Å². The van der Waals surface area contributed by atoms with Crippen LogP contribution in [0.1, 0.15) is 58.8 Å². The minimum atomic E-state index is 0.865. The summed E-state index contributed by atoms with van der Waals surface area (Å²) in [6, 6.07) is 0.865. The normalized spacial score (nSPS) is 33.6. The predicted octanol–water partition coefficient (Wildman–Crippen LogP) is 4.15. The third-order valence-corrected chi connectivity index (χ3v) is 4.70. The molecule has 0 spiro atoms. The molecule has 0 heterocycles. The molecule has 3 atom stereocenters. The molecule has 0 aromatic rings. The van der Waals surface area contributed by atoms with Crippen LogP contribution in [0.2, 0.25) is 0 Å². The van der Waals surface area contributed by atoms with Crippen LogP contribution in [0.5, 0.6) is 0 Å². The molecule has 1 heteroatoms. The third-order valence-electron chi connectivity index (χ3n) is 4.70. The van der Waals surface area contributed by atoms with Gasteiger partial charge in [-0.05, 0) is 62.8 Å². The van der Waals surface area contributed by atoms with Gasteiger partial charge >= 0.3 is 0 Å². The number of rotatable bonds is 6. The summed E-state index contributed by atoms with van der Waals surface area (Å²) in [4.78, 5) is 0. The summed E-state index contributed by atoms with van der Waals surface area (Å²) < 4.78 is 0. The average molecular weight is 235 g/mol. The lowest BCUT2D eigenvalue weighted by molar-refractivity contribution is 0.182. The molecule has 2 aliphatic carbocycles. The Hall–Kier alpha value is -0.300. The minimum absolute atomic E-state index is 0.865. The van der Waals surface area contributed by atoms with E-state index in [9.17, 15) is 0 Å². The van der Waals surface area contributed by atoms with E-state index < -0.39 is 0 Å². The summed E-state index contributed by atoms with van der Waals surface area (Å²) in [5, 5.41) is 3.73. The van der Waals surface area contributed by atoms with Gasteiger partial charge in [-0.15, -0.1) is 0 Å². The Bertz CT molecular complexity index is 254. The highest BCUT2D eigenvalue weighted by Gasteiger charge is 2.30. The number of nitrogens with one attached hydrogen (secondary N) is 1. The van der Waals surface area contributed by atoms with Gasteiger partial charge in [-0.2, -0.15) is 0 Å². The van der Waals surface area contributed by atoms with Crippen molar-refractivity contribution in [1.29, 1.82) is 0 Å². The Morgan fingerprint density at radius 1 is 1.18 bits per heavy atom. The van der Waals surface area contributed by atoms with E-state index >= 15 is 0 Å². The number of allylic oxidation sites excluding steroid dienone is 1. The van der Waals surface area contributed by atoms with Crippen molar-refractivity contribution in [3.8, 4) is 0 Å². The van der Waals surface area contributed by atoms with Crippen molar-refractivity contribution in [2.75, 3.05) is 6.54 Å². The van der Waals surface area contributed by atoms with Crippen molar-refractivity contribution >= 4 is 0 Å². The molecule has 0 aliphatic heterocycles. The topological polar surface area (TPSA) is 12.0 Å². The smallest absolute Gasteiger partial charge is 0.00683 e. The van der Waals surface area contributed by atoms with Crippen molar-refractivity contribution in [2.45, 2.75) is 64.8 Å². The van der Waals surface area contributed by atoms with Crippen molar-refractivity contribution in [3.05, 3.63) is 12.2 Å². The number of hydrogen-bond acceptors (Lipinski definition) is 1.